The summed E-state index contributed by atoms with van der Waals surface area (Å²) in [5.74, 6) is 0. The van der Waals surface area contributed by atoms with Gasteiger partial charge < -0.3 is 10.1 Å². The van der Waals surface area contributed by atoms with Gasteiger partial charge in [0.1, 0.15) is 6.17 Å². The van der Waals surface area contributed by atoms with Crippen LogP contribution in [0.1, 0.15) is 32.4 Å². The van der Waals surface area contributed by atoms with Crippen molar-refractivity contribution >= 4 is 6.03 Å². The van der Waals surface area contributed by atoms with Gasteiger partial charge >= 0.3 is 6.03 Å². The Balaban J connectivity index is 2.36. The van der Waals surface area contributed by atoms with E-state index in [1.807, 2.05) is 51.1 Å². The van der Waals surface area contributed by atoms with Crippen LogP contribution in [0.2, 0.25) is 0 Å². The predicted molar refractivity (Wildman–Crippen MR) is 72.6 cm³/mol. The Bertz CT molecular complexity index is 461. The van der Waals surface area contributed by atoms with Crippen LogP contribution in [0, 0.1) is 0 Å². The average molecular weight is 263 g/mol. The zero-order valence-electron chi connectivity index (χ0n) is 11.8. The number of nitrogens with one attached hydrogen (secondary N) is 1. The summed E-state index contributed by atoms with van der Waals surface area (Å²) < 4.78 is 0. The van der Waals surface area contributed by atoms with Gasteiger partial charge in [0.25, 0.3) is 0 Å². The highest BCUT2D eigenvalue weighted by Gasteiger charge is 2.51. The van der Waals surface area contributed by atoms with E-state index in [1.165, 1.54) is 0 Å². The number of carbonyl (C=O) groups is 1. The Kier molecular flexibility index (Phi) is 3.52. The van der Waals surface area contributed by atoms with Gasteiger partial charge in [0.15, 0.2) is 0 Å². The molecular weight excluding hydrogens is 242 g/mol. The lowest BCUT2D eigenvalue weighted by molar-refractivity contribution is 0.0171. The zero-order valence-corrected chi connectivity index (χ0v) is 11.8. The first-order valence-electron chi connectivity index (χ1n) is 6.42. The molecule has 1 aromatic rings. The summed E-state index contributed by atoms with van der Waals surface area (Å²) in [6.07, 6.45) is -0.444. The quantitative estimate of drug-likeness (QED) is 0.822. The van der Waals surface area contributed by atoms with Crippen molar-refractivity contribution in [3.05, 3.63) is 35.9 Å². The van der Waals surface area contributed by atoms with Crippen LogP contribution in [0.5, 0.6) is 0 Å². The Labute approximate surface area is 113 Å². The van der Waals surface area contributed by atoms with Crippen LogP contribution in [-0.2, 0) is 0 Å². The molecule has 0 radical (unpaired) electrons. The maximum absolute atomic E-state index is 12.4. The third kappa shape index (κ3) is 2.09. The van der Waals surface area contributed by atoms with E-state index in [9.17, 15) is 10.0 Å². The van der Waals surface area contributed by atoms with Gasteiger partial charge in [-0.25, -0.2) is 4.79 Å². The SMILES string of the molecule is CC(c1ccccc1)N1C(=O)N(C)C(C)(C)C1NO. The van der Waals surface area contributed by atoms with Crippen molar-refractivity contribution < 1.29 is 10.0 Å². The van der Waals surface area contributed by atoms with E-state index in [1.54, 1.807) is 16.8 Å². The van der Waals surface area contributed by atoms with Crippen molar-refractivity contribution in [2.24, 2.45) is 0 Å². The summed E-state index contributed by atoms with van der Waals surface area (Å²) >= 11 is 0. The first-order valence-corrected chi connectivity index (χ1v) is 6.42. The number of hydroxylamine groups is 1. The molecule has 0 aliphatic carbocycles. The highest BCUT2D eigenvalue weighted by Crippen LogP contribution is 2.35. The molecule has 0 bridgehead atoms. The molecule has 1 aliphatic rings. The summed E-state index contributed by atoms with van der Waals surface area (Å²) in [7, 11) is 1.75. The molecule has 104 valence electrons. The zero-order chi connectivity index (χ0) is 14.2. The lowest BCUT2D eigenvalue weighted by atomic mass is 10.00. The van der Waals surface area contributed by atoms with Crippen molar-refractivity contribution in [3.8, 4) is 0 Å². The molecule has 2 unspecified atom stereocenters. The van der Waals surface area contributed by atoms with Gasteiger partial charge in [-0.15, -0.1) is 0 Å². The van der Waals surface area contributed by atoms with E-state index in [4.69, 9.17) is 0 Å². The van der Waals surface area contributed by atoms with Crippen molar-refractivity contribution in [3.63, 3.8) is 0 Å². The molecule has 1 fully saturated rings. The van der Waals surface area contributed by atoms with Gasteiger partial charge in [0.2, 0.25) is 0 Å². The third-order valence-electron chi connectivity index (χ3n) is 4.14. The number of likely N-dealkylation sites (N-methyl/N-ethyl adjacent to an activating group) is 1. The second-order valence-corrected chi connectivity index (χ2v) is 5.52. The molecule has 1 aromatic carbocycles. The molecule has 0 aromatic heterocycles. The molecule has 0 spiro atoms. The standard InChI is InChI=1S/C14H21N3O2/c1-10(11-8-6-5-7-9-11)17-12(15-19)14(2,3)16(4)13(17)18/h5-10,12,15,19H,1-4H3. The summed E-state index contributed by atoms with van der Waals surface area (Å²) in [6.45, 7) is 5.82. The van der Waals surface area contributed by atoms with Crippen molar-refractivity contribution in [1.29, 1.82) is 0 Å². The van der Waals surface area contributed by atoms with Crippen molar-refractivity contribution in [1.82, 2.24) is 15.3 Å². The lowest BCUT2D eigenvalue weighted by Gasteiger charge is -2.34. The number of hydrogen-bond acceptors (Lipinski definition) is 3. The summed E-state index contributed by atoms with van der Waals surface area (Å²) in [4.78, 5) is 15.7. The highest BCUT2D eigenvalue weighted by atomic mass is 16.5. The second-order valence-electron chi connectivity index (χ2n) is 5.52. The van der Waals surface area contributed by atoms with Gasteiger partial charge in [-0.1, -0.05) is 30.3 Å². The predicted octanol–water partition coefficient (Wildman–Crippen LogP) is 2.20. The molecule has 2 N–H and O–H groups in total. The number of rotatable bonds is 3. The maximum Gasteiger partial charge on any atom is 0.322 e. The van der Waals surface area contributed by atoms with E-state index in [0.29, 0.717) is 0 Å². The maximum atomic E-state index is 12.4. The van der Waals surface area contributed by atoms with Gasteiger partial charge in [0.05, 0.1) is 11.6 Å². The Morgan fingerprint density at radius 1 is 1.32 bits per heavy atom. The lowest BCUT2D eigenvalue weighted by Crippen LogP contribution is -2.53. The molecular formula is C14H21N3O2. The molecule has 2 atom stereocenters. The fourth-order valence-electron chi connectivity index (χ4n) is 2.56. The molecule has 2 rings (SSSR count). The number of urea groups is 1. The Morgan fingerprint density at radius 2 is 1.89 bits per heavy atom. The van der Waals surface area contributed by atoms with Crippen LogP contribution >= 0.6 is 0 Å². The molecule has 5 nitrogen and oxygen atoms in total. The van der Waals surface area contributed by atoms with Gasteiger partial charge in [-0.05, 0) is 26.3 Å². The van der Waals surface area contributed by atoms with E-state index < -0.39 is 11.7 Å². The van der Waals surface area contributed by atoms with E-state index in [0.717, 1.165) is 5.56 Å². The molecule has 1 aliphatic heterocycles. The summed E-state index contributed by atoms with van der Waals surface area (Å²) in [5, 5.41) is 9.43. The molecule has 1 heterocycles. The van der Waals surface area contributed by atoms with Crippen LogP contribution in [-0.4, -0.2) is 39.8 Å². The van der Waals surface area contributed by atoms with Crippen molar-refractivity contribution in [2.45, 2.75) is 38.5 Å². The topological polar surface area (TPSA) is 55.8 Å². The molecule has 1 saturated heterocycles. The monoisotopic (exact) mass is 263 g/mol. The third-order valence-corrected chi connectivity index (χ3v) is 4.14. The fraction of sp³-hybridized carbons (Fsp3) is 0.500. The van der Waals surface area contributed by atoms with E-state index >= 15 is 0 Å². The number of hydrogen-bond donors (Lipinski definition) is 2. The fourth-order valence-corrected chi connectivity index (χ4v) is 2.56. The summed E-state index contributed by atoms with van der Waals surface area (Å²) in [5.41, 5.74) is 2.85. The highest BCUT2D eigenvalue weighted by molar-refractivity contribution is 5.79. The Hall–Kier alpha value is -1.59. The van der Waals surface area contributed by atoms with E-state index in [2.05, 4.69) is 5.48 Å². The molecule has 19 heavy (non-hydrogen) atoms. The molecule has 2 amide bonds. The van der Waals surface area contributed by atoms with Crippen LogP contribution in [0.3, 0.4) is 0 Å². The van der Waals surface area contributed by atoms with Crippen LogP contribution in [0.4, 0.5) is 4.79 Å². The minimum Gasteiger partial charge on any atom is -0.319 e. The second kappa shape index (κ2) is 4.83. The van der Waals surface area contributed by atoms with Crippen LogP contribution in [0.25, 0.3) is 0 Å². The smallest absolute Gasteiger partial charge is 0.319 e. The first-order chi connectivity index (χ1) is 8.91. The van der Waals surface area contributed by atoms with Gasteiger partial charge in [-0.2, -0.15) is 5.48 Å². The Morgan fingerprint density at radius 3 is 2.42 bits per heavy atom. The van der Waals surface area contributed by atoms with Gasteiger partial charge in [-0.3, -0.25) is 4.90 Å². The molecule has 0 saturated carbocycles. The minimum absolute atomic E-state index is 0.0899. The minimum atomic E-state index is -0.477. The van der Waals surface area contributed by atoms with E-state index in [-0.39, 0.29) is 12.1 Å². The van der Waals surface area contributed by atoms with Crippen LogP contribution in [0.15, 0.2) is 30.3 Å². The van der Waals surface area contributed by atoms with Crippen LogP contribution < -0.4 is 5.48 Å². The number of amides is 2. The normalized spacial score (nSPS) is 23.8. The summed E-state index contributed by atoms with van der Waals surface area (Å²) in [6, 6.07) is 9.61. The first kappa shape index (κ1) is 13.8. The number of nitrogens with zero attached hydrogens (tertiary/aromatic N) is 2. The molecule has 5 heteroatoms. The van der Waals surface area contributed by atoms with Crippen molar-refractivity contribution in [2.75, 3.05) is 7.05 Å². The number of benzene rings is 1. The largest absolute Gasteiger partial charge is 0.322 e. The number of carbonyl (C=O) groups excluding carboxylic acids is 1. The average Bonchev–Trinajstić information content (AvgIpc) is 2.59. The van der Waals surface area contributed by atoms with Gasteiger partial charge in [0, 0.05) is 7.05 Å².